The van der Waals surface area contributed by atoms with Crippen molar-refractivity contribution in [1.82, 2.24) is 10.2 Å². The van der Waals surface area contributed by atoms with Crippen molar-refractivity contribution >= 4 is 5.91 Å². The predicted octanol–water partition coefficient (Wildman–Crippen LogP) is 3.63. The van der Waals surface area contributed by atoms with E-state index in [4.69, 9.17) is 9.15 Å². The van der Waals surface area contributed by atoms with E-state index in [0.717, 1.165) is 26.1 Å². The maximum Gasteiger partial charge on any atom is 0.287 e. The smallest absolute Gasteiger partial charge is 0.287 e. The van der Waals surface area contributed by atoms with E-state index in [1.807, 2.05) is 0 Å². The highest BCUT2D eigenvalue weighted by molar-refractivity contribution is 5.91. The third-order valence-electron chi connectivity index (χ3n) is 5.17. The Morgan fingerprint density at radius 3 is 2.67 bits per heavy atom. The maximum absolute atomic E-state index is 12.7. The zero-order valence-corrected chi connectivity index (χ0v) is 16.7. The molecule has 0 bridgehead atoms. The van der Waals surface area contributed by atoms with Crippen LogP contribution in [0.5, 0.6) is 0 Å². The van der Waals surface area contributed by atoms with Crippen LogP contribution in [0.4, 0.5) is 0 Å². The number of nitrogens with zero attached hydrogens (tertiary/aromatic N) is 1. The third kappa shape index (κ3) is 4.99. The van der Waals surface area contributed by atoms with Crippen LogP contribution >= 0.6 is 0 Å². The second-order valence-corrected chi connectivity index (χ2v) is 8.34. The number of amides is 1. The SMILES string of the molecule is COCc1ccc(C(=O)NC(CN2CCc3ccccc3C2)C(C)(C)C)o1. The average molecular weight is 370 g/mol. The van der Waals surface area contributed by atoms with Gasteiger partial charge in [-0.1, -0.05) is 45.0 Å². The van der Waals surface area contributed by atoms with Crippen LogP contribution in [0.15, 0.2) is 40.8 Å². The van der Waals surface area contributed by atoms with Crippen LogP contribution in [-0.4, -0.2) is 37.0 Å². The minimum Gasteiger partial charge on any atom is -0.453 e. The Morgan fingerprint density at radius 1 is 1.22 bits per heavy atom. The Labute approximate surface area is 161 Å². The molecule has 1 aromatic carbocycles. The van der Waals surface area contributed by atoms with Gasteiger partial charge in [-0.25, -0.2) is 0 Å². The van der Waals surface area contributed by atoms with Crippen molar-refractivity contribution in [3.63, 3.8) is 0 Å². The molecule has 1 N–H and O–H groups in total. The lowest BCUT2D eigenvalue weighted by Crippen LogP contribution is -2.51. The van der Waals surface area contributed by atoms with Gasteiger partial charge in [-0.15, -0.1) is 0 Å². The van der Waals surface area contributed by atoms with Gasteiger partial charge in [0.25, 0.3) is 5.91 Å². The summed E-state index contributed by atoms with van der Waals surface area (Å²) in [4.78, 5) is 15.1. The molecule has 0 saturated carbocycles. The molecule has 1 aliphatic rings. The van der Waals surface area contributed by atoms with E-state index in [9.17, 15) is 4.79 Å². The summed E-state index contributed by atoms with van der Waals surface area (Å²) >= 11 is 0. The van der Waals surface area contributed by atoms with Crippen LogP contribution < -0.4 is 5.32 Å². The molecular weight excluding hydrogens is 340 g/mol. The predicted molar refractivity (Wildman–Crippen MR) is 106 cm³/mol. The van der Waals surface area contributed by atoms with Crippen molar-refractivity contribution in [3.05, 3.63) is 59.0 Å². The summed E-state index contributed by atoms with van der Waals surface area (Å²) in [5.74, 6) is 0.817. The second-order valence-electron chi connectivity index (χ2n) is 8.34. The molecule has 1 aromatic heterocycles. The quantitative estimate of drug-likeness (QED) is 0.844. The van der Waals surface area contributed by atoms with Crippen molar-refractivity contribution in [1.29, 1.82) is 0 Å². The second kappa shape index (κ2) is 8.28. The fourth-order valence-electron chi connectivity index (χ4n) is 3.45. The zero-order valence-electron chi connectivity index (χ0n) is 16.7. The van der Waals surface area contributed by atoms with Crippen molar-refractivity contribution < 1.29 is 13.9 Å². The van der Waals surface area contributed by atoms with Crippen molar-refractivity contribution in [2.75, 3.05) is 20.2 Å². The molecule has 1 unspecified atom stereocenters. The number of rotatable bonds is 6. The molecule has 3 rings (SSSR count). The molecule has 27 heavy (non-hydrogen) atoms. The lowest BCUT2D eigenvalue weighted by atomic mass is 9.85. The first-order valence-corrected chi connectivity index (χ1v) is 9.54. The molecule has 0 saturated heterocycles. The fourth-order valence-corrected chi connectivity index (χ4v) is 3.45. The number of fused-ring (bicyclic) bond motifs is 1. The first-order valence-electron chi connectivity index (χ1n) is 9.54. The van der Waals surface area contributed by atoms with Crippen LogP contribution in [0.25, 0.3) is 0 Å². The summed E-state index contributed by atoms with van der Waals surface area (Å²) < 4.78 is 10.6. The first kappa shape index (κ1) is 19.6. The number of carbonyl (C=O) groups is 1. The summed E-state index contributed by atoms with van der Waals surface area (Å²) in [5.41, 5.74) is 2.76. The molecule has 1 aliphatic heterocycles. The van der Waals surface area contributed by atoms with Crippen LogP contribution in [-0.2, 0) is 24.3 Å². The molecular formula is C22H30N2O3. The van der Waals surface area contributed by atoms with Crippen molar-refractivity contribution in [2.24, 2.45) is 5.41 Å². The lowest BCUT2D eigenvalue weighted by molar-refractivity contribution is 0.0828. The number of hydrogen-bond acceptors (Lipinski definition) is 4. The number of methoxy groups -OCH3 is 1. The van der Waals surface area contributed by atoms with E-state index < -0.39 is 0 Å². The fraction of sp³-hybridized carbons (Fsp3) is 0.500. The molecule has 1 amide bonds. The molecule has 146 valence electrons. The highest BCUT2D eigenvalue weighted by Gasteiger charge is 2.30. The van der Waals surface area contributed by atoms with E-state index in [0.29, 0.717) is 18.1 Å². The van der Waals surface area contributed by atoms with Gasteiger partial charge in [0, 0.05) is 32.8 Å². The zero-order chi connectivity index (χ0) is 19.4. The molecule has 0 fully saturated rings. The third-order valence-corrected chi connectivity index (χ3v) is 5.17. The highest BCUT2D eigenvalue weighted by atomic mass is 16.5. The van der Waals surface area contributed by atoms with Gasteiger partial charge in [-0.2, -0.15) is 0 Å². The molecule has 0 radical (unpaired) electrons. The largest absolute Gasteiger partial charge is 0.453 e. The summed E-state index contributed by atoms with van der Waals surface area (Å²) in [7, 11) is 1.61. The van der Waals surface area contributed by atoms with E-state index >= 15 is 0 Å². The Balaban J connectivity index is 1.66. The molecule has 0 spiro atoms. The number of ether oxygens (including phenoxy) is 1. The Kier molecular flexibility index (Phi) is 6.02. The monoisotopic (exact) mass is 370 g/mol. The van der Waals surface area contributed by atoms with E-state index in [1.165, 1.54) is 11.1 Å². The maximum atomic E-state index is 12.7. The average Bonchev–Trinajstić information content (AvgIpc) is 3.09. The van der Waals surface area contributed by atoms with Gasteiger partial charge in [0.2, 0.25) is 0 Å². The normalized spacial score (nSPS) is 16.0. The standard InChI is InChI=1S/C22H30N2O3/c1-22(2,3)20(23-21(25)19-10-9-18(27-19)15-26-4)14-24-12-11-16-7-5-6-8-17(16)13-24/h5-10,20H,11-15H2,1-4H3,(H,23,25). The number of carbonyl (C=O) groups excluding carboxylic acids is 1. The number of benzene rings is 1. The van der Waals surface area contributed by atoms with Gasteiger partial charge in [-0.3, -0.25) is 9.69 Å². The molecule has 2 aromatic rings. The molecule has 5 heteroatoms. The van der Waals surface area contributed by atoms with Gasteiger partial charge in [-0.05, 0) is 35.1 Å². The van der Waals surface area contributed by atoms with Gasteiger partial charge < -0.3 is 14.5 Å². The topological polar surface area (TPSA) is 54.7 Å². The van der Waals surface area contributed by atoms with Gasteiger partial charge >= 0.3 is 0 Å². The van der Waals surface area contributed by atoms with Crippen LogP contribution in [0.3, 0.4) is 0 Å². The van der Waals surface area contributed by atoms with Gasteiger partial charge in [0.15, 0.2) is 5.76 Å². The van der Waals surface area contributed by atoms with Crippen LogP contribution in [0, 0.1) is 5.41 Å². The van der Waals surface area contributed by atoms with Crippen molar-refractivity contribution in [3.8, 4) is 0 Å². The van der Waals surface area contributed by atoms with Crippen molar-refractivity contribution in [2.45, 2.75) is 46.4 Å². The Hall–Kier alpha value is -2.11. The summed E-state index contributed by atoms with van der Waals surface area (Å²) in [6, 6.07) is 12.1. The highest BCUT2D eigenvalue weighted by Crippen LogP contribution is 2.24. The van der Waals surface area contributed by atoms with E-state index in [1.54, 1.807) is 19.2 Å². The summed E-state index contributed by atoms with van der Waals surface area (Å²) in [5, 5.41) is 3.18. The van der Waals surface area contributed by atoms with Gasteiger partial charge in [0.1, 0.15) is 12.4 Å². The minimum absolute atomic E-state index is 0.0197. The summed E-state index contributed by atoms with van der Waals surface area (Å²) in [6.07, 6.45) is 1.06. The number of hydrogen-bond donors (Lipinski definition) is 1. The Morgan fingerprint density at radius 2 is 1.96 bits per heavy atom. The molecule has 2 heterocycles. The number of nitrogens with one attached hydrogen (secondary N) is 1. The van der Waals surface area contributed by atoms with Crippen LogP contribution in [0.1, 0.15) is 48.2 Å². The lowest BCUT2D eigenvalue weighted by Gasteiger charge is -2.37. The minimum atomic E-state index is -0.172. The molecule has 0 aliphatic carbocycles. The van der Waals surface area contributed by atoms with Gasteiger partial charge in [0.05, 0.1) is 0 Å². The molecule has 1 atom stereocenters. The van der Waals surface area contributed by atoms with Crippen LogP contribution in [0.2, 0.25) is 0 Å². The Bertz CT molecular complexity index is 776. The summed E-state index contributed by atoms with van der Waals surface area (Å²) in [6.45, 7) is 9.60. The van der Waals surface area contributed by atoms with E-state index in [-0.39, 0.29) is 17.4 Å². The number of furan rings is 1. The van der Waals surface area contributed by atoms with E-state index in [2.05, 4.69) is 55.3 Å². The first-order chi connectivity index (χ1) is 12.9. The molecule has 5 nitrogen and oxygen atoms in total.